The van der Waals surface area contributed by atoms with Crippen molar-refractivity contribution < 1.29 is 17.8 Å². The van der Waals surface area contributed by atoms with Crippen LogP contribution in [0.4, 0.5) is 5.69 Å². The van der Waals surface area contributed by atoms with E-state index < -0.39 is 14.7 Å². The SMILES string of the molecule is CCCc1nn(C)c2c1NC(c1cc(S(=O)(=O)N3CC[N+](C)([O-])CC3)ccc1OCC)=NC2. The average molecular weight is 477 g/mol. The van der Waals surface area contributed by atoms with Crippen molar-refractivity contribution in [2.45, 2.75) is 38.1 Å². The molecule has 2 aliphatic heterocycles. The summed E-state index contributed by atoms with van der Waals surface area (Å²) >= 11 is 0. The van der Waals surface area contributed by atoms with E-state index in [0.29, 0.717) is 30.3 Å². The number of nitrogens with zero attached hydrogens (tertiary/aromatic N) is 5. The molecule has 2 aliphatic rings. The van der Waals surface area contributed by atoms with Crippen LogP contribution < -0.4 is 10.1 Å². The van der Waals surface area contributed by atoms with Crippen molar-refractivity contribution in [3.8, 4) is 5.75 Å². The van der Waals surface area contributed by atoms with Crippen LogP contribution in [0.1, 0.15) is 37.2 Å². The lowest BCUT2D eigenvalue weighted by Crippen LogP contribution is -2.54. The van der Waals surface area contributed by atoms with Crippen molar-refractivity contribution >= 4 is 21.5 Å². The van der Waals surface area contributed by atoms with Crippen LogP contribution in [0.15, 0.2) is 28.1 Å². The van der Waals surface area contributed by atoms with E-state index in [4.69, 9.17) is 4.74 Å². The number of piperazine rings is 1. The maximum absolute atomic E-state index is 13.3. The minimum atomic E-state index is -3.75. The van der Waals surface area contributed by atoms with E-state index in [1.54, 1.807) is 25.2 Å². The Hall–Kier alpha value is -2.47. The van der Waals surface area contributed by atoms with Gasteiger partial charge in [-0.3, -0.25) is 9.67 Å². The summed E-state index contributed by atoms with van der Waals surface area (Å²) in [5.74, 6) is 1.13. The van der Waals surface area contributed by atoms with Gasteiger partial charge in [0.05, 0.1) is 73.9 Å². The molecular formula is C22H32N6O4S. The number of benzene rings is 1. The molecule has 11 heteroatoms. The fourth-order valence-electron chi connectivity index (χ4n) is 4.22. The van der Waals surface area contributed by atoms with Gasteiger partial charge < -0.3 is 19.9 Å². The number of rotatable bonds is 7. The van der Waals surface area contributed by atoms with Crippen LogP contribution in [0.3, 0.4) is 0 Å². The van der Waals surface area contributed by atoms with Gasteiger partial charge in [-0.2, -0.15) is 9.40 Å². The van der Waals surface area contributed by atoms with E-state index in [1.807, 2.05) is 18.7 Å². The Balaban J connectivity index is 1.69. The first-order chi connectivity index (χ1) is 15.7. The molecule has 4 rings (SSSR count). The molecule has 0 bridgehead atoms. The summed E-state index contributed by atoms with van der Waals surface area (Å²) in [6.45, 7) is 5.75. The zero-order chi connectivity index (χ0) is 23.8. The molecule has 0 radical (unpaired) electrons. The highest BCUT2D eigenvalue weighted by atomic mass is 32.2. The van der Waals surface area contributed by atoms with Gasteiger partial charge in [-0.15, -0.1) is 0 Å². The van der Waals surface area contributed by atoms with E-state index in [2.05, 4.69) is 22.3 Å². The number of amidine groups is 1. The average Bonchev–Trinajstić information content (AvgIpc) is 3.09. The molecule has 1 fully saturated rings. The number of hydrogen-bond acceptors (Lipinski definition) is 7. The topological polar surface area (TPSA) is 112 Å². The molecule has 0 spiro atoms. The zero-order valence-electron chi connectivity index (χ0n) is 19.7. The third-order valence-corrected chi connectivity index (χ3v) is 8.04. The van der Waals surface area contributed by atoms with Crippen LogP contribution in [-0.4, -0.2) is 72.8 Å². The van der Waals surface area contributed by atoms with Crippen molar-refractivity contribution in [1.82, 2.24) is 14.1 Å². The van der Waals surface area contributed by atoms with Crippen LogP contribution in [0.2, 0.25) is 0 Å². The summed E-state index contributed by atoms with van der Waals surface area (Å²) in [5.41, 5.74) is 3.49. The first-order valence-electron chi connectivity index (χ1n) is 11.4. The Morgan fingerprint density at radius 1 is 1.24 bits per heavy atom. The van der Waals surface area contributed by atoms with Gasteiger partial charge in [0.2, 0.25) is 10.0 Å². The Kier molecular flexibility index (Phi) is 6.50. The molecule has 0 saturated carbocycles. The number of anilines is 1. The molecular weight excluding hydrogens is 444 g/mol. The van der Waals surface area contributed by atoms with Crippen molar-refractivity contribution in [3.05, 3.63) is 40.4 Å². The van der Waals surface area contributed by atoms with Gasteiger partial charge in [0.25, 0.3) is 0 Å². The number of ether oxygens (including phenoxy) is 1. The quantitative estimate of drug-likeness (QED) is 0.484. The Bertz CT molecular complexity index is 1160. The minimum absolute atomic E-state index is 0.165. The first kappa shape index (κ1) is 23.7. The highest BCUT2D eigenvalue weighted by Gasteiger charge is 2.32. The molecule has 0 aliphatic carbocycles. The maximum atomic E-state index is 13.3. The van der Waals surface area contributed by atoms with Gasteiger partial charge in [-0.05, 0) is 31.5 Å². The van der Waals surface area contributed by atoms with Crippen LogP contribution in [0.25, 0.3) is 0 Å². The summed E-state index contributed by atoms with van der Waals surface area (Å²) in [4.78, 5) is 4.85. The Morgan fingerprint density at radius 3 is 2.64 bits per heavy atom. The van der Waals surface area contributed by atoms with E-state index >= 15 is 0 Å². The number of hydrogen-bond donors (Lipinski definition) is 1. The number of nitrogens with one attached hydrogen (secondary N) is 1. The standard InChI is InChI=1S/C22H32N6O4S/c1-5-7-18-21-19(26(3)25-18)15-23-22(24-21)17-14-16(8-9-20(17)32-6-2)33(30,31)27-10-12-28(4,29)13-11-27/h8-9,14H,5-7,10-13,15H2,1-4H3,(H,23,24). The molecule has 3 heterocycles. The van der Waals surface area contributed by atoms with Gasteiger partial charge in [-0.1, -0.05) is 13.3 Å². The summed E-state index contributed by atoms with van der Waals surface area (Å²) in [6.07, 6.45) is 1.80. The Labute approximate surface area is 195 Å². The number of quaternary nitrogens is 1. The lowest BCUT2D eigenvalue weighted by Gasteiger charge is -2.44. The number of sulfonamides is 1. The van der Waals surface area contributed by atoms with Gasteiger partial charge in [-0.25, -0.2) is 8.42 Å². The second kappa shape index (κ2) is 9.05. The molecule has 0 unspecified atom stereocenters. The molecule has 0 atom stereocenters. The Morgan fingerprint density at radius 2 is 1.97 bits per heavy atom. The maximum Gasteiger partial charge on any atom is 0.243 e. The highest BCUT2D eigenvalue weighted by Crippen LogP contribution is 2.31. The second-order valence-corrected chi connectivity index (χ2v) is 10.6. The number of fused-ring (bicyclic) bond motifs is 1. The normalized spacial score (nSPS) is 18.4. The fourth-order valence-corrected chi connectivity index (χ4v) is 5.67. The van der Waals surface area contributed by atoms with E-state index in [1.165, 1.54) is 4.31 Å². The molecule has 180 valence electrons. The second-order valence-electron chi connectivity index (χ2n) is 8.67. The lowest BCUT2D eigenvalue weighted by atomic mass is 10.1. The van der Waals surface area contributed by atoms with E-state index in [9.17, 15) is 13.6 Å². The van der Waals surface area contributed by atoms with E-state index in [-0.39, 0.29) is 31.1 Å². The number of likely N-dealkylation sites (N-methyl/N-ethyl adjacent to an activating group) is 1. The van der Waals surface area contributed by atoms with Crippen molar-refractivity contribution in [1.29, 1.82) is 0 Å². The summed E-state index contributed by atoms with van der Waals surface area (Å²) < 4.78 is 35.3. The molecule has 0 amide bonds. The third-order valence-electron chi connectivity index (χ3n) is 6.14. The van der Waals surface area contributed by atoms with Crippen molar-refractivity contribution in [3.63, 3.8) is 0 Å². The summed E-state index contributed by atoms with van der Waals surface area (Å²) in [7, 11) is -0.268. The molecule has 10 nitrogen and oxygen atoms in total. The molecule has 1 N–H and O–H groups in total. The van der Waals surface area contributed by atoms with Gasteiger partial charge >= 0.3 is 0 Å². The van der Waals surface area contributed by atoms with Gasteiger partial charge in [0, 0.05) is 7.05 Å². The molecule has 1 aromatic heterocycles. The van der Waals surface area contributed by atoms with Gasteiger partial charge in [0.15, 0.2) is 0 Å². The minimum Gasteiger partial charge on any atom is -0.633 e. The van der Waals surface area contributed by atoms with Crippen molar-refractivity contribution in [2.75, 3.05) is 45.2 Å². The van der Waals surface area contributed by atoms with Crippen LogP contribution in [0.5, 0.6) is 5.75 Å². The number of hydroxylamine groups is 3. The third kappa shape index (κ3) is 4.63. The highest BCUT2D eigenvalue weighted by molar-refractivity contribution is 7.89. The molecule has 33 heavy (non-hydrogen) atoms. The van der Waals surface area contributed by atoms with Crippen LogP contribution >= 0.6 is 0 Å². The monoisotopic (exact) mass is 476 g/mol. The first-order valence-corrected chi connectivity index (χ1v) is 12.8. The van der Waals surface area contributed by atoms with E-state index in [0.717, 1.165) is 29.9 Å². The van der Waals surface area contributed by atoms with Crippen LogP contribution in [-0.2, 0) is 30.0 Å². The summed E-state index contributed by atoms with van der Waals surface area (Å²) in [5, 5.41) is 20.2. The molecule has 1 aromatic carbocycles. The predicted molar refractivity (Wildman–Crippen MR) is 127 cm³/mol. The van der Waals surface area contributed by atoms with Crippen molar-refractivity contribution in [2.24, 2.45) is 12.0 Å². The smallest absolute Gasteiger partial charge is 0.243 e. The molecule has 1 saturated heterocycles. The lowest BCUT2D eigenvalue weighted by molar-refractivity contribution is -0.864. The predicted octanol–water partition coefficient (Wildman–Crippen LogP) is 2.09. The number of aryl methyl sites for hydroxylation is 2. The molecule has 2 aromatic rings. The van der Waals surface area contributed by atoms with Gasteiger partial charge in [0.1, 0.15) is 11.6 Å². The number of aromatic nitrogens is 2. The number of aliphatic imine (C=N–C) groups is 1. The zero-order valence-corrected chi connectivity index (χ0v) is 20.5. The fraction of sp³-hybridized carbons (Fsp3) is 0.545. The largest absolute Gasteiger partial charge is 0.633 e. The summed E-state index contributed by atoms with van der Waals surface area (Å²) in [6, 6.07) is 4.86. The van der Waals surface area contributed by atoms with Crippen LogP contribution in [0, 0.1) is 5.21 Å².